The van der Waals surface area contributed by atoms with Gasteiger partial charge in [-0.15, -0.1) is 0 Å². The third-order valence-corrected chi connectivity index (χ3v) is 6.47. The number of aromatic nitrogens is 2. The topological polar surface area (TPSA) is 67.5 Å². The fourth-order valence-electron chi connectivity index (χ4n) is 4.68. The minimum atomic E-state index is -0.888. The zero-order valence-electron chi connectivity index (χ0n) is 18.0. The van der Waals surface area contributed by atoms with Crippen LogP contribution in [0.15, 0.2) is 71.7 Å². The van der Waals surface area contributed by atoms with Crippen LogP contribution in [0.5, 0.6) is 0 Å². The Bertz CT molecular complexity index is 1370. The maximum atomic E-state index is 12.9. The number of benzene rings is 2. The second-order valence-electron chi connectivity index (χ2n) is 8.37. The Hall–Kier alpha value is -3.80. The molecule has 3 heterocycles. The van der Waals surface area contributed by atoms with Crippen LogP contribution in [-0.2, 0) is 32.9 Å². The minimum Gasteiger partial charge on any atom is -0.465 e. The Labute approximate surface area is 186 Å². The van der Waals surface area contributed by atoms with Gasteiger partial charge >= 0.3 is 6.09 Å². The molecule has 0 unspecified atom stereocenters. The third kappa shape index (κ3) is 3.58. The van der Waals surface area contributed by atoms with Crippen molar-refractivity contribution in [3.63, 3.8) is 0 Å². The largest absolute Gasteiger partial charge is 0.465 e. The standard InChI is InChI=1S/C26H25N3O3/c1-27-23-16-20(9-10-21(23)22-12-13-28(26(31)32)17-24(22)27)29-14-11-19(15-25(29)30)8-7-18-5-3-2-4-6-18/h2-6,9-11,14-16H,7-8,12-13,17H2,1H3,(H,31,32). The lowest BCUT2D eigenvalue weighted by Crippen LogP contribution is -2.35. The van der Waals surface area contributed by atoms with E-state index in [1.165, 1.54) is 16.0 Å². The van der Waals surface area contributed by atoms with Crippen molar-refractivity contribution in [2.24, 2.45) is 7.05 Å². The number of carbonyl (C=O) groups is 1. The number of aryl methyl sites for hydroxylation is 3. The molecule has 0 radical (unpaired) electrons. The Morgan fingerprint density at radius 3 is 2.53 bits per heavy atom. The van der Waals surface area contributed by atoms with E-state index < -0.39 is 6.09 Å². The molecule has 0 fully saturated rings. The molecule has 0 atom stereocenters. The van der Waals surface area contributed by atoms with Crippen LogP contribution < -0.4 is 5.56 Å². The van der Waals surface area contributed by atoms with Gasteiger partial charge in [-0.1, -0.05) is 36.4 Å². The van der Waals surface area contributed by atoms with Crippen molar-refractivity contribution in [2.45, 2.75) is 25.8 Å². The number of fused-ring (bicyclic) bond motifs is 3. The van der Waals surface area contributed by atoms with Crippen molar-refractivity contribution < 1.29 is 9.90 Å². The molecule has 6 nitrogen and oxygen atoms in total. The van der Waals surface area contributed by atoms with Crippen LogP contribution >= 0.6 is 0 Å². The maximum absolute atomic E-state index is 12.9. The van der Waals surface area contributed by atoms with Crippen molar-refractivity contribution >= 4 is 17.0 Å². The molecule has 6 heteroatoms. The lowest BCUT2D eigenvalue weighted by Gasteiger charge is -2.25. The highest BCUT2D eigenvalue weighted by Crippen LogP contribution is 2.31. The van der Waals surface area contributed by atoms with Gasteiger partial charge < -0.3 is 14.6 Å². The van der Waals surface area contributed by atoms with Gasteiger partial charge in [0.2, 0.25) is 0 Å². The number of rotatable bonds is 4. The number of carboxylic acid groups (broad SMARTS) is 1. The first-order valence-electron chi connectivity index (χ1n) is 10.9. The summed E-state index contributed by atoms with van der Waals surface area (Å²) in [6.07, 6.45) is 3.38. The molecule has 5 rings (SSSR count). The zero-order chi connectivity index (χ0) is 22.2. The molecule has 162 valence electrons. The van der Waals surface area contributed by atoms with E-state index >= 15 is 0 Å². The summed E-state index contributed by atoms with van der Waals surface area (Å²) in [6, 6.07) is 20.0. The van der Waals surface area contributed by atoms with Crippen LogP contribution in [0.25, 0.3) is 16.6 Å². The molecule has 1 amide bonds. The smallest absolute Gasteiger partial charge is 0.407 e. The molecule has 1 N–H and O–H groups in total. The SMILES string of the molecule is Cn1c2c(c3ccc(-n4ccc(CCc5ccccc5)cc4=O)cc31)CCN(C(=O)O)C2. The summed E-state index contributed by atoms with van der Waals surface area (Å²) in [5, 5.41) is 10.5. The fraction of sp³-hybridized carbons (Fsp3) is 0.231. The summed E-state index contributed by atoms with van der Waals surface area (Å²) in [4.78, 5) is 25.7. The molecule has 0 saturated heterocycles. The predicted molar refractivity (Wildman–Crippen MR) is 125 cm³/mol. The third-order valence-electron chi connectivity index (χ3n) is 6.47. The van der Waals surface area contributed by atoms with E-state index in [1.54, 1.807) is 10.6 Å². The van der Waals surface area contributed by atoms with E-state index in [4.69, 9.17) is 0 Å². The molecule has 1 aliphatic rings. The number of hydrogen-bond donors (Lipinski definition) is 1. The average Bonchev–Trinajstić information content (AvgIpc) is 3.09. The van der Waals surface area contributed by atoms with E-state index in [2.05, 4.69) is 22.8 Å². The minimum absolute atomic E-state index is 0.0501. The summed E-state index contributed by atoms with van der Waals surface area (Å²) in [6.45, 7) is 0.897. The van der Waals surface area contributed by atoms with Gasteiger partial charge in [0, 0.05) is 36.9 Å². The number of nitrogens with zero attached hydrogens (tertiary/aromatic N) is 3. The molecular weight excluding hydrogens is 402 g/mol. The molecule has 2 aromatic heterocycles. The molecule has 4 aromatic rings. The molecule has 0 spiro atoms. The molecule has 2 aromatic carbocycles. The van der Waals surface area contributed by atoms with Crippen LogP contribution in [0.4, 0.5) is 4.79 Å². The average molecular weight is 428 g/mol. The molecule has 0 saturated carbocycles. The molecule has 32 heavy (non-hydrogen) atoms. The first-order valence-corrected chi connectivity index (χ1v) is 10.9. The maximum Gasteiger partial charge on any atom is 0.407 e. The van der Waals surface area contributed by atoms with Gasteiger partial charge in [-0.25, -0.2) is 4.79 Å². The molecule has 0 bridgehead atoms. The molecule has 0 aliphatic carbocycles. The highest BCUT2D eigenvalue weighted by Gasteiger charge is 2.25. The molecular formula is C26H25N3O3. The van der Waals surface area contributed by atoms with E-state index in [-0.39, 0.29) is 5.56 Å². The van der Waals surface area contributed by atoms with E-state index in [0.717, 1.165) is 40.7 Å². The summed E-state index contributed by atoms with van der Waals surface area (Å²) in [5.74, 6) is 0. The highest BCUT2D eigenvalue weighted by atomic mass is 16.4. The molecule has 1 aliphatic heterocycles. The van der Waals surface area contributed by atoms with Gasteiger partial charge in [0.25, 0.3) is 5.56 Å². The number of pyridine rings is 1. The van der Waals surface area contributed by atoms with E-state index in [1.807, 2.05) is 49.6 Å². The summed E-state index contributed by atoms with van der Waals surface area (Å²) in [5.41, 5.74) is 6.29. The van der Waals surface area contributed by atoms with Gasteiger partial charge in [-0.05, 0) is 54.2 Å². The van der Waals surface area contributed by atoms with Crippen molar-refractivity contribution in [1.29, 1.82) is 0 Å². The van der Waals surface area contributed by atoms with Crippen molar-refractivity contribution in [3.05, 3.63) is 99.6 Å². The van der Waals surface area contributed by atoms with Crippen LogP contribution in [0.2, 0.25) is 0 Å². The van der Waals surface area contributed by atoms with Crippen molar-refractivity contribution in [3.8, 4) is 5.69 Å². The Kier molecular flexibility index (Phi) is 5.05. The lowest BCUT2D eigenvalue weighted by atomic mass is 10.0. The van der Waals surface area contributed by atoms with Crippen molar-refractivity contribution in [1.82, 2.24) is 14.0 Å². The normalized spacial score (nSPS) is 13.3. The first-order chi connectivity index (χ1) is 15.5. The van der Waals surface area contributed by atoms with Crippen LogP contribution in [-0.4, -0.2) is 31.8 Å². The van der Waals surface area contributed by atoms with E-state index in [0.29, 0.717) is 19.5 Å². The summed E-state index contributed by atoms with van der Waals surface area (Å²) < 4.78 is 3.73. The van der Waals surface area contributed by atoms with Gasteiger partial charge in [-0.3, -0.25) is 9.36 Å². The second-order valence-corrected chi connectivity index (χ2v) is 8.37. The van der Waals surface area contributed by atoms with E-state index in [9.17, 15) is 14.7 Å². The Morgan fingerprint density at radius 1 is 1.00 bits per heavy atom. The Morgan fingerprint density at radius 2 is 1.78 bits per heavy atom. The van der Waals surface area contributed by atoms with Gasteiger partial charge in [0.05, 0.1) is 17.7 Å². The predicted octanol–water partition coefficient (Wildman–Crippen LogP) is 4.15. The lowest BCUT2D eigenvalue weighted by molar-refractivity contribution is 0.139. The highest BCUT2D eigenvalue weighted by molar-refractivity contribution is 5.88. The van der Waals surface area contributed by atoms with Gasteiger partial charge in [0.1, 0.15) is 0 Å². The van der Waals surface area contributed by atoms with Crippen LogP contribution in [0, 0.1) is 0 Å². The summed E-state index contributed by atoms with van der Waals surface area (Å²) in [7, 11) is 1.96. The second kappa shape index (κ2) is 8.04. The van der Waals surface area contributed by atoms with Gasteiger partial charge in [0.15, 0.2) is 0 Å². The van der Waals surface area contributed by atoms with Crippen LogP contribution in [0.3, 0.4) is 0 Å². The Balaban J connectivity index is 1.44. The van der Waals surface area contributed by atoms with Crippen molar-refractivity contribution in [2.75, 3.05) is 6.54 Å². The number of hydrogen-bond acceptors (Lipinski definition) is 2. The quantitative estimate of drug-likeness (QED) is 0.532. The van der Waals surface area contributed by atoms with Gasteiger partial charge in [-0.2, -0.15) is 0 Å². The monoisotopic (exact) mass is 427 g/mol. The summed E-state index contributed by atoms with van der Waals surface area (Å²) >= 11 is 0. The zero-order valence-corrected chi connectivity index (χ0v) is 18.0. The van der Waals surface area contributed by atoms with Crippen LogP contribution in [0.1, 0.15) is 22.4 Å². The fourth-order valence-corrected chi connectivity index (χ4v) is 4.68. The number of amides is 1. The first kappa shape index (κ1) is 20.1.